The Morgan fingerprint density at radius 2 is 1.18 bits per heavy atom. The molecule has 0 amide bonds. The molecule has 0 aromatic rings. The van der Waals surface area contributed by atoms with Crippen LogP contribution in [0, 0.1) is 0 Å². The summed E-state index contributed by atoms with van der Waals surface area (Å²) in [7, 11) is 0. The first kappa shape index (κ1) is 21.8. The quantitative estimate of drug-likeness (QED) is 0.311. The van der Waals surface area contributed by atoms with Crippen LogP contribution < -0.4 is 5.32 Å². The smallest absolute Gasteiger partial charge is 0.103 e. The van der Waals surface area contributed by atoms with Crippen molar-refractivity contribution in [1.29, 1.82) is 0 Å². The third kappa shape index (κ3) is 14.8. The summed E-state index contributed by atoms with van der Waals surface area (Å²) in [5, 5.41) is 30.7. The van der Waals surface area contributed by atoms with E-state index in [0.29, 0.717) is 6.42 Å². The second kappa shape index (κ2) is 17.2. The molecule has 0 heterocycles. The van der Waals surface area contributed by atoms with Crippen molar-refractivity contribution in [2.45, 2.75) is 96.2 Å². The van der Waals surface area contributed by atoms with Crippen LogP contribution in [-0.2, 0) is 0 Å². The molecule has 0 aromatic carbocycles. The minimum atomic E-state index is -0.998. The fraction of sp³-hybridized carbons (Fsp3) is 1.00. The second-order valence-corrected chi connectivity index (χ2v) is 6.39. The highest BCUT2D eigenvalue weighted by molar-refractivity contribution is 4.66. The Balaban J connectivity index is 3.08. The van der Waals surface area contributed by atoms with Gasteiger partial charge < -0.3 is 20.6 Å². The van der Waals surface area contributed by atoms with Crippen LogP contribution in [0.3, 0.4) is 0 Å². The minimum absolute atomic E-state index is 0.368. The molecule has 0 radical (unpaired) electrons. The van der Waals surface area contributed by atoms with Gasteiger partial charge in [-0.1, -0.05) is 64.7 Å². The molecule has 0 saturated carbocycles. The van der Waals surface area contributed by atoms with Crippen molar-refractivity contribution < 1.29 is 15.3 Å². The van der Waals surface area contributed by atoms with E-state index in [2.05, 4.69) is 12.2 Å². The molecule has 0 saturated heterocycles. The van der Waals surface area contributed by atoms with Gasteiger partial charge >= 0.3 is 0 Å². The minimum Gasteiger partial charge on any atom is -0.394 e. The van der Waals surface area contributed by atoms with Gasteiger partial charge in [0, 0.05) is 0 Å². The van der Waals surface area contributed by atoms with Gasteiger partial charge in [0.05, 0.1) is 12.7 Å². The molecular formula is C18H39NO3. The fourth-order valence-corrected chi connectivity index (χ4v) is 2.61. The number of aliphatic hydroxyl groups is 3. The van der Waals surface area contributed by atoms with E-state index >= 15 is 0 Å². The van der Waals surface area contributed by atoms with Gasteiger partial charge in [-0.2, -0.15) is 0 Å². The first-order chi connectivity index (χ1) is 10.7. The number of hydrogen-bond donors (Lipinski definition) is 4. The van der Waals surface area contributed by atoms with Gasteiger partial charge in [-0.05, 0) is 32.4 Å². The predicted molar refractivity (Wildman–Crippen MR) is 93.0 cm³/mol. The zero-order valence-electron chi connectivity index (χ0n) is 14.6. The highest BCUT2D eigenvalue weighted by Gasteiger charge is 2.13. The molecule has 0 fully saturated rings. The lowest BCUT2D eigenvalue weighted by Crippen LogP contribution is -2.30. The predicted octanol–water partition coefficient (Wildman–Crippen LogP) is 2.99. The van der Waals surface area contributed by atoms with E-state index in [1.807, 2.05) is 0 Å². The van der Waals surface area contributed by atoms with Crippen LogP contribution in [0.15, 0.2) is 0 Å². The third-order valence-electron chi connectivity index (χ3n) is 4.19. The molecule has 0 aliphatic carbocycles. The Labute approximate surface area is 137 Å². The van der Waals surface area contributed by atoms with E-state index in [1.165, 1.54) is 64.2 Å². The Morgan fingerprint density at radius 1 is 0.682 bits per heavy atom. The molecule has 0 rings (SSSR count). The molecule has 0 aliphatic rings. The number of hydrogen-bond acceptors (Lipinski definition) is 4. The molecular weight excluding hydrogens is 278 g/mol. The highest BCUT2D eigenvalue weighted by atomic mass is 16.4. The van der Waals surface area contributed by atoms with Crippen LogP contribution in [0.5, 0.6) is 0 Å². The van der Waals surface area contributed by atoms with E-state index < -0.39 is 12.2 Å². The summed E-state index contributed by atoms with van der Waals surface area (Å²) in [6.07, 6.45) is 13.1. The molecule has 4 heteroatoms. The lowest BCUT2D eigenvalue weighted by atomic mass is 10.1. The fourth-order valence-electron chi connectivity index (χ4n) is 2.61. The van der Waals surface area contributed by atoms with Gasteiger partial charge in [-0.15, -0.1) is 0 Å². The zero-order chi connectivity index (χ0) is 16.5. The van der Waals surface area contributed by atoms with Crippen molar-refractivity contribution in [2.75, 3.05) is 19.7 Å². The summed E-state index contributed by atoms with van der Waals surface area (Å²) < 4.78 is 0. The summed E-state index contributed by atoms with van der Waals surface area (Å²) in [6.45, 7) is 3.80. The van der Waals surface area contributed by atoms with Crippen LogP contribution in [0.2, 0.25) is 0 Å². The van der Waals surface area contributed by atoms with E-state index in [-0.39, 0.29) is 6.61 Å². The lowest BCUT2D eigenvalue weighted by Gasteiger charge is -2.15. The van der Waals surface area contributed by atoms with Crippen molar-refractivity contribution in [3.05, 3.63) is 0 Å². The van der Waals surface area contributed by atoms with E-state index in [4.69, 9.17) is 5.11 Å². The van der Waals surface area contributed by atoms with Crippen molar-refractivity contribution in [3.63, 3.8) is 0 Å². The standard InChI is InChI=1S/C18H39NO3/c1-2-3-4-5-6-7-8-9-10-11-14-19-15-12-13-17(21)18(22)16-20/h17-22H,2-16H2,1H3. The van der Waals surface area contributed by atoms with Gasteiger partial charge in [0.25, 0.3) is 0 Å². The van der Waals surface area contributed by atoms with Crippen LogP contribution in [0.1, 0.15) is 84.0 Å². The van der Waals surface area contributed by atoms with Gasteiger partial charge in [0.1, 0.15) is 6.10 Å². The molecule has 0 aromatic heterocycles. The largest absolute Gasteiger partial charge is 0.394 e. The average Bonchev–Trinajstić information content (AvgIpc) is 2.54. The molecule has 0 aliphatic heterocycles. The normalized spacial score (nSPS) is 14.2. The molecule has 22 heavy (non-hydrogen) atoms. The number of nitrogens with one attached hydrogen (secondary N) is 1. The van der Waals surface area contributed by atoms with Crippen molar-refractivity contribution >= 4 is 0 Å². The Morgan fingerprint density at radius 3 is 1.73 bits per heavy atom. The van der Waals surface area contributed by atoms with Crippen molar-refractivity contribution in [2.24, 2.45) is 0 Å². The maximum Gasteiger partial charge on any atom is 0.103 e. The maximum absolute atomic E-state index is 9.47. The topological polar surface area (TPSA) is 72.7 Å². The SMILES string of the molecule is CCCCCCCCCCCCNCCCC(O)C(O)CO. The van der Waals surface area contributed by atoms with Gasteiger partial charge in [-0.3, -0.25) is 0 Å². The molecule has 2 atom stereocenters. The van der Waals surface area contributed by atoms with Gasteiger partial charge in [0.15, 0.2) is 0 Å². The molecule has 2 unspecified atom stereocenters. The monoisotopic (exact) mass is 317 g/mol. The van der Waals surface area contributed by atoms with Crippen LogP contribution in [0.25, 0.3) is 0 Å². The van der Waals surface area contributed by atoms with Gasteiger partial charge in [-0.25, -0.2) is 0 Å². The van der Waals surface area contributed by atoms with Crippen LogP contribution >= 0.6 is 0 Å². The maximum atomic E-state index is 9.47. The molecule has 0 spiro atoms. The Kier molecular flexibility index (Phi) is 17.1. The van der Waals surface area contributed by atoms with Crippen molar-refractivity contribution in [3.8, 4) is 0 Å². The summed E-state index contributed by atoms with van der Waals surface area (Å²) in [4.78, 5) is 0. The Bertz CT molecular complexity index is 215. The third-order valence-corrected chi connectivity index (χ3v) is 4.19. The first-order valence-electron chi connectivity index (χ1n) is 9.40. The molecule has 4 N–H and O–H groups in total. The summed E-state index contributed by atoms with van der Waals surface area (Å²) in [5.41, 5.74) is 0. The molecule has 0 bridgehead atoms. The van der Waals surface area contributed by atoms with Crippen LogP contribution in [0.4, 0.5) is 0 Å². The number of aliphatic hydroxyl groups excluding tert-OH is 3. The average molecular weight is 318 g/mol. The van der Waals surface area contributed by atoms with Crippen molar-refractivity contribution in [1.82, 2.24) is 5.32 Å². The Hall–Kier alpha value is -0.160. The number of rotatable bonds is 17. The molecule has 4 nitrogen and oxygen atoms in total. The summed E-state index contributed by atoms with van der Waals surface area (Å²) in [5.74, 6) is 0. The van der Waals surface area contributed by atoms with E-state index in [1.54, 1.807) is 0 Å². The van der Waals surface area contributed by atoms with E-state index in [9.17, 15) is 10.2 Å². The summed E-state index contributed by atoms with van der Waals surface area (Å²) >= 11 is 0. The lowest BCUT2D eigenvalue weighted by molar-refractivity contribution is -0.0182. The van der Waals surface area contributed by atoms with E-state index in [0.717, 1.165) is 19.5 Å². The van der Waals surface area contributed by atoms with Gasteiger partial charge in [0.2, 0.25) is 0 Å². The first-order valence-corrected chi connectivity index (χ1v) is 9.40. The number of unbranched alkanes of at least 4 members (excludes halogenated alkanes) is 9. The second-order valence-electron chi connectivity index (χ2n) is 6.39. The zero-order valence-corrected chi connectivity index (χ0v) is 14.6. The molecule has 134 valence electrons. The summed E-state index contributed by atoms with van der Waals surface area (Å²) in [6, 6.07) is 0. The highest BCUT2D eigenvalue weighted by Crippen LogP contribution is 2.10. The van der Waals surface area contributed by atoms with Crippen LogP contribution in [-0.4, -0.2) is 47.2 Å².